The van der Waals surface area contributed by atoms with Crippen molar-refractivity contribution in [2.45, 2.75) is 13.3 Å². The molecule has 0 fully saturated rings. The van der Waals surface area contributed by atoms with E-state index in [1.165, 1.54) is 12.1 Å². The van der Waals surface area contributed by atoms with Gasteiger partial charge in [0.25, 0.3) is 0 Å². The lowest BCUT2D eigenvalue weighted by Gasteiger charge is -1.98. The minimum atomic E-state index is -0.191. The molecule has 1 aromatic carbocycles. The van der Waals surface area contributed by atoms with Crippen LogP contribution in [0.3, 0.4) is 0 Å². The number of hydrogen-bond acceptors (Lipinski definition) is 0. The summed E-state index contributed by atoms with van der Waals surface area (Å²) in [5.74, 6) is -0.191. The highest BCUT2D eigenvalue weighted by Crippen LogP contribution is 2.17. The molecule has 0 amide bonds. The van der Waals surface area contributed by atoms with Crippen molar-refractivity contribution in [2.24, 2.45) is 0 Å². The zero-order chi connectivity index (χ0) is 7.56. The molecule has 0 aliphatic rings. The smallest absolute Gasteiger partial charge is 0.124 e. The fourth-order valence-corrected chi connectivity index (χ4v) is 1.44. The van der Waals surface area contributed by atoms with Crippen LogP contribution in [0.2, 0.25) is 0 Å². The molecular formula is C8H8BrF. The molecule has 1 rings (SSSR count). The second kappa shape index (κ2) is 3.15. The predicted molar refractivity (Wildman–Crippen MR) is 43.5 cm³/mol. The van der Waals surface area contributed by atoms with Gasteiger partial charge < -0.3 is 0 Å². The van der Waals surface area contributed by atoms with Gasteiger partial charge in [0, 0.05) is 4.47 Å². The van der Waals surface area contributed by atoms with Gasteiger partial charge in [0.2, 0.25) is 0 Å². The molecule has 10 heavy (non-hydrogen) atoms. The van der Waals surface area contributed by atoms with Crippen molar-refractivity contribution in [2.75, 3.05) is 0 Å². The molecule has 0 aliphatic carbocycles. The quantitative estimate of drug-likeness (QED) is 0.657. The van der Waals surface area contributed by atoms with Crippen molar-refractivity contribution >= 4 is 15.9 Å². The highest BCUT2D eigenvalue weighted by molar-refractivity contribution is 9.10. The first-order chi connectivity index (χ1) is 4.74. The van der Waals surface area contributed by atoms with Gasteiger partial charge in [0.15, 0.2) is 0 Å². The first-order valence-corrected chi connectivity index (χ1v) is 3.97. The zero-order valence-electron chi connectivity index (χ0n) is 5.70. The Labute approximate surface area is 68.2 Å². The summed E-state index contributed by atoms with van der Waals surface area (Å²) in [6.07, 6.45) is 0.931. The number of halogens is 2. The van der Waals surface area contributed by atoms with Crippen LogP contribution in [-0.4, -0.2) is 0 Å². The maximum Gasteiger partial charge on any atom is 0.124 e. The van der Waals surface area contributed by atoms with Crippen LogP contribution in [0.25, 0.3) is 0 Å². The largest absolute Gasteiger partial charge is 0.207 e. The lowest BCUT2D eigenvalue weighted by Crippen LogP contribution is -1.82. The second-order valence-corrected chi connectivity index (χ2v) is 2.94. The zero-order valence-corrected chi connectivity index (χ0v) is 7.28. The Hall–Kier alpha value is -0.370. The van der Waals surface area contributed by atoms with E-state index in [0.717, 1.165) is 16.5 Å². The van der Waals surface area contributed by atoms with Crippen molar-refractivity contribution in [3.63, 3.8) is 0 Å². The van der Waals surface area contributed by atoms with E-state index < -0.39 is 0 Å². The summed E-state index contributed by atoms with van der Waals surface area (Å²) in [7, 11) is 0. The van der Waals surface area contributed by atoms with Gasteiger partial charge in [-0.15, -0.1) is 0 Å². The summed E-state index contributed by atoms with van der Waals surface area (Å²) in [6.45, 7) is 2.04. The van der Waals surface area contributed by atoms with Gasteiger partial charge in [-0.3, -0.25) is 0 Å². The third kappa shape index (κ3) is 1.57. The van der Waals surface area contributed by atoms with E-state index in [0.29, 0.717) is 0 Å². The van der Waals surface area contributed by atoms with Crippen LogP contribution in [0.4, 0.5) is 4.39 Å². The van der Waals surface area contributed by atoms with E-state index in [-0.39, 0.29) is 5.82 Å². The van der Waals surface area contributed by atoms with E-state index in [9.17, 15) is 4.39 Å². The average Bonchev–Trinajstić information content (AvgIpc) is 1.88. The summed E-state index contributed by atoms with van der Waals surface area (Å²) < 4.78 is 13.3. The molecule has 0 saturated heterocycles. The molecule has 54 valence electrons. The third-order valence-corrected chi connectivity index (χ3v) is 2.13. The van der Waals surface area contributed by atoms with Gasteiger partial charge in [-0.25, -0.2) is 4.39 Å². The molecule has 2 heteroatoms. The first-order valence-electron chi connectivity index (χ1n) is 3.18. The van der Waals surface area contributed by atoms with E-state index >= 15 is 0 Å². The standard InChI is InChI=1S/C8H8BrF/c1-2-6-3-4-7(10)5-8(6)9/h3-5H,2H2,1H3. The Balaban J connectivity index is 3.07. The number of hydrogen-bond donors (Lipinski definition) is 0. The molecular weight excluding hydrogens is 195 g/mol. The molecule has 0 aliphatic heterocycles. The van der Waals surface area contributed by atoms with E-state index in [1.807, 2.05) is 6.92 Å². The monoisotopic (exact) mass is 202 g/mol. The molecule has 0 saturated carbocycles. The van der Waals surface area contributed by atoms with Crippen LogP contribution < -0.4 is 0 Å². The molecule has 0 nitrogen and oxygen atoms in total. The maximum atomic E-state index is 12.5. The van der Waals surface area contributed by atoms with Gasteiger partial charge in [-0.05, 0) is 24.1 Å². The van der Waals surface area contributed by atoms with Crippen molar-refractivity contribution in [3.8, 4) is 0 Å². The second-order valence-electron chi connectivity index (χ2n) is 2.09. The summed E-state index contributed by atoms with van der Waals surface area (Å²) in [4.78, 5) is 0. The number of aryl methyl sites for hydroxylation is 1. The van der Waals surface area contributed by atoms with Crippen LogP contribution in [-0.2, 0) is 6.42 Å². The Kier molecular flexibility index (Phi) is 2.44. The van der Waals surface area contributed by atoms with Gasteiger partial charge in [-0.2, -0.15) is 0 Å². The fourth-order valence-electron chi connectivity index (χ4n) is 0.808. The number of rotatable bonds is 1. The first kappa shape index (κ1) is 7.73. The van der Waals surface area contributed by atoms with Crippen LogP contribution in [0.5, 0.6) is 0 Å². The lowest BCUT2D eigenvalue weighted by molar-refractivity contribution is 0.626. The van der Waals surface area contributed by atoms with Crippen molar-refractivity contribution in [1.82, 2.24) is 0 Å². The summed E-state index contributed by atoms with van der Waals surface area (Å²) >= 11 is 3.27. The Morgan fingerprint density at radius 2 is 2.20 bits per heavy atom. The van der Waals surface area contributed by atoms with E-state index in [4.69, 9.17) is 0 Å². The summed E-state index contributed by atoms with van der Waals surface area (Å²) in [6, 6.07) is 4.75. The summed E-state index contributed by atoms with van der Waals surface area (Å²) in [5, 5.41) is 0. The molecule has 0 radical (unpaired) electrons. The molecule has 0 unspecified atom stereocenters. The molecule has 0 heterocycles. The van der Waals surface area contributed by atoms with Gasteiger partial charge in [0.1, 0.15) is 5.82 Å². The topological polar surface area (TPSA) is 0 Å². The molecule has 0 aromatic heterocycles. The predicted octanol–water partition coefficient (Wildman–Crippen LogP) is 3.15. The van der Waals surface area contributed by atoms with Crippen LogP contribution in [0.1, 0.15) is 12.5 Å². The average molecular weight is 203 g/mol. The SMILES string of the molecule is CCc1ccc(F)cc1Br. The van der Waals surface area contributed by atoms with E-state index in [2.05, 4.69) is 15.9 Å². The van der Waals surface area contributed by atoms with Crippen molar-refractivity contribution < 1.29 is 4.39 Å². The minimum Gasteiger partial charge on any atom is -0.207 e. The Bertz CT molecular complexity index is 233. The van der Waals surface area contributed by atoms with Crippen LogP contribution >= 0.6 is 15.9 Å². The lowest BCUT2D eigenvalue weighted by atomic mass is 10.2. The molecule has 0 bridgehead atoms. The Morgan fingerprint density at radius 1 is 1.50 bits per heavy atom. The number of benzene rings is 1. The van der Waals surface area contributed by atoms with Crippen molar-refractivity contribution in [3.05, 3.63) is 34.1 Å². The van der Waals surface area contributed by atoms with Crippen molar-refractivity contribution in [1.29, 1.82) is 0 Å². The van der Waals surface area contributed by atoms with Gasteiger partial charge in [-0.1, -0.05) is 28.9 Å². The van der Waals surface area contributed by atoms with Crippen LogP contribution in [0, 0.1) is 5.82 Å². The molecule has 0 spiro atoms. The minimum absolute atomic E-state index is 0.191. The normalized spacial score (nSPS) is 9.90. The fraction of sp³-hybridized carbons (Fsp3) is 0.250. The maximum absolute atomic E-state index is 12.5. The molecule has 1 aromatic rings. The van der Waals surface area contributed by atoms with Gasteiger partial charge >= 0.3 is 0 Å². The van der Waals surface area contributed by atoms with Gasteiger partial charge in [0.05, 0.1) is 0 Å². The highest BCUT2D eigenvalue weighted by atomic mass is 79.9. The third-order valence-electron chi connectivity index (χ3n) is 1.40. The van der Waals surface area contributed by atoms with Crippen LogP contribution in [0.15, 0.2) is 22.7 Å². The Morgan fingerprint density at radius 3 is 2.70 bits per heavy atom. The molecule has 0 atom stereocenters. The van der Waals surface area contributed by atoms with E-state index in [1.54, 1.807) is 6.07 Å². The molecule has 0 N–H and O–H groups in total. The highest BCUT2D eigenvalue weighted by Gasteiger charge is 1.97. The summed E-state index contributed by atoms with van der Waals surface area (Å²) in [5.41, 5.74) is 1.14.